The van der Waals surface area contributed by atoms with Gasteiger partial charge in [-0.1, -0.05) is 27.7 Å². The van der Waals surface area contributed by atoms with Gasteiger partial charge in [0.2, 0.25) is 0 Å². The first-order valence-corrected chi connectivity index (χ1v) is 11.5. The zero-order valence-electron chi connectivity index (χ0n) is 20.2. The van der Waals surface area contributed by atoms with E-state index < -0.39 is 23.6 Å². The molecule has 1 aromatic heterocycles. The second kappa shape index (κ2) is 12.8. The van der Waals surface area contributed by atoms with E-state index in [9.17, 15) is 18.7 Å². The number of nitrogens with zero attached hydrogens (tertiary/aromatic N) is 3. The van der Waals surface area contributed by atoms with Crippen LogP contribution in [0.4, 0.5) is 20.3 Å². The summed E-state index contributed by atoms with van der Waals surface area (Å²) in [6.45, 7) is 12.3. The second-order valence-electron chi connectivity index (χ2n) is 7.09. The summed E-state index contributed by atoms with van der Waals surface area (Å²) >= 11 is 0. The minimum absolute atomic E-state index is 0.0602. The fourth-order valence-corrected chi connectivity index (χ4v) is 3.50. The molecule has 9 heteroatoms. The van der Waals surface area contributed by atoms with Gasteiger partial charge in [0.25, 0.3) is 0 Å². The van der Waals surface area contributed by atoms with Gasteiger partial charge in [-0.3, -0.25) is 4.98 Å². The molecule has 1 saturated heterocycles. The Hall–Kier alpha value is -3.33. The lowest BCUT2D eigenvalue weighted by Gasteiger charge is -2.28. The summed E-state index contributed by atoms with van der Waals surface area (Å²) in [7, 11) is 0. The number of carboxylic acids is 1. The number of morpholine rings is 1. The van der Waals surface area contributed by atoms with Gasteiger partial charge in [0.15, 0.2) is 0 Å². The van der Waals surface area contributed by atoms with Crippen molar-refractivity contribution < 1.29 is 23.4 Å². The highest BCUT2D eigenvalue weighted by atomic mass is 19.1. The van der Waals surface area contributed by atoms with Crippen molar-refractivity contribution >= 4 is 28.5 Å². The van der Waals surface area contributed by atoms with Crippen LogP contribution in [0.15, 0.2) is 36.5 Å². The zero-order chi connectivity index (χ0) is 25.3. The molecule has 2 aromatic carbocycles. The predicted octanol–water partition coefficient (Wildman–Crippen LogP) is 5.67. The minimum Gasteiger partial charge on any atom is -0.478 e. The molecule has 0 bridgehead atoms. The lowest BCUT2D eigenvalue weighted by Crippen LogP contribution is -2.36. The predicted molar refractivity (Wildman–Crippen MR) is 131 cm³/mol. The molecule has 0 radical (unpaired) electrons. The molecule has 1 aliphatic rings. The number of rotatable bonds is 5. The van der Waals surface area contributed by atoms with E-state index in [0.717, 1.165) is 6.07 Å². The van der Waals surface area contributed by atoms with Gasteiger partial charge in [-0.05, 0) is 31.2 Å². The molecule has 1 fully saturated rings. The molecule has 4 rings (SSSR count). The van der Waals surface area contributed by atoms with Crippen molar-refractivity contribution in [3.05, 3.63) is 59.3 Å². The average molecular weight is 475 g/mol. The quantitative estimate of drug-likeness (QED) is 0.493. The van der Waals surface area contributed by atoms with Crippen molar-refractivity contribution in [2.75, 3.05) is 36.5 Å². The van der Waals surface area contributed by atoms with E-state index in [-0.39, 0.29) is 11.3 Å². The highest BCUT2D eigenvalue weighted by Gasteiger charge is 2.19. The lowest BCUT2D eigenvalue weighted by molar-refractivity contribution is 0.0697. The number of anilines is 2. The van der Waals surface area contributed by atoms with Crippen molar-refractivity contribution in [3.8, 4) is 0 Å². The van der Waals surface area contributed by atoms with E-state index >= 15 is 0 Å². The summed E-state index contributed by atoms with van der Waals surface area (Å²) in [5.74, 6) is -1.84. The Morgan fingerprint density at radius 1 is 1.06 bits per heavy atom. The van der Waals surface area contributed by atoms with E-state index in [2.05, 4.69) is 10.3 Å². The van der Waals surface area contributed by atoms with E-state index in [1.807, 2.05) is 32.6 Å². The minimum atomic E-state index is -1.10. The third-order valence-corrected chi connectivity index (χ3v) is 4.96. The first-order chi connectivity index (χ1) is 16.4. The number of fused-ring (bicyclic) bond motifs is 1. The topological polar surface area (TPSA) is 87.6 Å². The van der Waals surface area contributed by atoms with Gasteiger partial charge >= 0.3 is 5.97 Å². The van der Waals surface area contributed by atoms with E-state index in [0.29, 0.717) is 48.7 Å². The third kappa shape index (κ3) is 6.60. The van der Waals surface area contributed by atoms with Gasteiger partial charge < -0.3 is 20.1 Å². The molecular formula is C25H32F2N4O3. The fourth-order valence-electron chi connectivity index (χ4n) is 3.50. The zero-order valence-corrected chi connectivity index (χ0v) is 20.2. The number of carboxylic acid groups (broad SMARTS) is 1. The Bertz CT molecular complexity index is 1080. The molecule has 1 unspecified atom stereocenters. The van der Waals surface area contributed by atoms with Gasteiger partial charge in [0.1, 0.15) is 17.5 Å². The maximum Gasteiger partial charge on any atom is 0.335 e. The van der Waals surface area contributed by atoms with Crippen LogP contribution in [0.3, 0.4) is 0 Å². The Balaban J connectivity index is 0.000000970. The molecule has 184 valence electrons. The molecule has 0 saturated carbocycles. The van der Waals surface area contributed by atoms with Crippen molar-refractivity contribution in [2.24, 2.45) is 0 Å². The highest BCUT2D eigenvalue weighted by molar-refractivity contribution is 5.94. The Morgan fingerprint density at radius 2 is 1.68 bits per heavy atom. The second-order valence-corrected chi connectivity index (χ2v) is 7.09. The average Bonchev–Trinajstić information content (AvgIpc) is 2.85. The summed E-state index contributed by atoms with van der Waals surface area (Å²) in [4.78, 5) is 22.8. The van der Waals surface area contributed by atoms with Crippen LogP contribution in [0, 0.1) is 11.6 Å². The van der Waals surface area contributed by atoms with Gasteiger partial charge in [0.05, 0.1) is 42.0 Å². The van der Waals surface area contributed by atoms with Gasteiger partial charge in [-0.25, -0.2) is 18.6 Å². The standard InChI is InChI=1S/C21H20F2N4O3.2C2H6/c1-12(25-16-9-14(22)8-15(23)10-16)17-6-13(21(28)29)7-18-20(17)26-19(11-24-18)27-2-4-30-5-3-27;2*1-2/h6-12,25H,2-5H2,1H3,(H,28,29);2*1-2H3. The largest absolute Gasteiger partial charge is 0.478 e. The van der Waals surface area contributed by atoms with Crippen LogP contribution < -0.4 is 10.2 Å². The van der Waals surface area contributed by atoms with Crippen LogP contribution in [0.25, 0.3) is 11.0 Å². The van der Waals surface area contributed by atoms with Gasteiger partial charge in [0, 0.05) is 30.4 Å². The molecule has 7 nitrogen and oxygen atoms in total. The summed E-state index contributed by atoms with van der Waals surface area (Å²) in [6, 6.07) is 5.63. The van der Waals surface area contributed by atoms with Crippen molar-refractivity contribution in [3.63, 3.8) is 0 Å². The van der Waals surface area contributed by atoms with Crippen LogP contribution in [-0.2, 0) is 4.74 Å². The molecule has 0 aliphatic carbocycles. The lowest BCUT2D eigenvalue weighted by atomic mass is 10.0. The number of halogens is 2. The maximum atomic E-state index is 13.6. The fraction of sp³-hybridized carbons (Fsp3) is 0.400. The number of ether oxygens (including phenoxy) is 1. The molecule has 2 heterocycles. The first kappa shape index (κ1) is 26.9. The van der Waals surface area contributed by atoms with Crippen molar-refractivity contribution in [2.45, 2.75) is 40.7 Å². The maximum absolute atomic E-state index is 13.6. The molecule has 2 N–H and O–H groups in total. The highest BCUT2D eigenvalue weighted by Crippen LogP contribution is 2.29. The number of aromatic nitrogens is 2. The third-order valence-electron chi connectivity index (χ3n) is 4.96. The molecule has 1 aliphatic heterocycles. The van der Waals surface area contributed by atoms with Crippen LogP contribution in [-0.4, -0.2) is 47.3 Å². The molecule has 0 amide bonds. The van der Waals surface area contributed by atoms with Crippen LogP contribution >= 0.6 is 0 Å². The van der Waals surface area contributed by atoms with E-state index in [4.69, 9.17) is 9.72 Å². The van der Waals surface area contributed by atoms with Gasteiger partial charge in [-0.2, -0.15) is 0 Å². The SMILES string of the molecule is CC.CC.CC(Nc1cc(F)cc(F)c1)c1cc(C(=O)O)cc2ncc(N3CCOCC3)nc12. The molecule has 1 atom stereocenters. The molecular weight excluding hydrogens is 442 g/mol. The van der Waals surface area contributed by atoms with Crippen LogP contribution in [0.1, 0.15) is 56.6 Å². The van der Waals surface area contributed by atoms with E-state index in [1.165, 1.54) is 24.3 Å². The van der Waals surface area contributed by atoms with Crippen LogP contribution in [0.5, 0.6) is 0 Å². The van der Waals surface area contributed by atoms with Crippen molar-refractivity contribution in [1.29, 1.82) is 0 Å². The number of nitrogens with one attached hydrogen (secondary N) is 1. The Labute approximate surface area is 198 Å². The summed E-state index contributed by atoms with van der Waals surface area (Å²) in [6.07, 6.45) is 1.61. The number of aromatic carboxylic acids is 1. The number of benzene rings is 2. The Morgan fingerprint density at radius 3 is 2.26 bits per heavy atom. The first-order valence-electron chi connectivity index (χ1n) is 11.5. The molecule has 0 spiro atoms. The number of hydrogen-bond donors (Lipinski definition) is 2. The summed E-state index contributed by atoms with van der Waals surface area (Å²) in [5, 5.41) is 12.5. The summed E-state index contributed by atoms with van der Waals surface area (Å²) in [5.41, 5.74) is 1.83. The normalized spacial score (nSPS) is 13.8. The van der Waals surface area contributed by atoms with Gasteiger partial charge in [-0.15, -0.1) is 0 Å². The van der Waals surface area contributed by atoms with Crippen LogP contribution in [0.2, 0.25) is 0 Å². The Kier molecular flexibility index (Phi) is 10.1. The number of hydrogen-bond acceptors (Lipinski definition) is 6. The monoisotopic (exact) mass is 474 g/mol. The van der Waals surface area contributed by atoms with Crippen molar-refractivity contribution in [1.82, 2.24) is 9.97 Å². The summed E-state index contributed by atoms with van der Waals surface area (Å²) < 4.78 is 32.5. The number of carbonyl (C=O) groups is 1. The molecule has 34 heavy (non-hydrogen) atoms. The van der Waals surface area contributed by atoms with E-state index in [1.54, 1.807) is 13.1 Å². The smallest absolute Gasteiger partial charge is 0.335 e. The molecule has 3 aromatic rings.